The number of carbonyl (C=O) groups excluding carboxylic acids is 1. The van der Waals surface area contributed by atoms with E-state index in [0.29, 0.717) is 5.78 Å². The van der Waals surface area contributed by atoms with Crippen molar-refractivity contribution in [3.63, 3.8) is 0 Å². The van der Waals surface area contributed by atoms with E-state index < -0.39 is 0 Å². The molecule has 2 heteroatoms. The van der Waals surface area contributed by atoms with Crippen LogP contribution in [0.4, 0.5) is 0 Å². The highest BCUT2D eigenvalue weighted by Gasteiger charge is 2.13. The van der Waals surface area contributed by atoms with E-state index in [0.717, 1.165) is 19.3 Å². The number of ketones is 1. The quantitative estimate of drug-likeness (QED) is 0.596. The summed E-state index contributed by atoms with van der Waals surface area (Å²) < 4.78 is 0. The topological polar surface area (TPSA) is 17.1 Å². The molecule has 1 fully saturated rings. The molecule has 1 aliphatic rings. The molecule has 0 aliphatic heterocycles. The molecule has 0 bridgehead atoms. The fraction of sp³-hybridized carbons (Fsp3) is 0.917. The van der Waals surface area contributed by atoms with Crippen molar-refractivity contribution in [1.29, 1.82) is 0 Å². The zero-order valence-electron chi connectivity index (χ0n) is 8.93. The first-order chi connectivity index (χ1) is 6.80. The minimum atomic E-state index is 0.141. The molecular formula is C12H21BrO. The molecule has 0 aromatic carbocycles. The van der Waals surface area contributed by atoms with E-state index >= 15 is 0 Å². The zero-order valence-corrected chi connectivity index (χ0v) is 10.5. The van der Waals surface area contributed by atoms with Crippen LogP contribution in [-0.2, 0) is 4.79 Å². The van der Waals surface area contributed by atoms with Crippen LogP contribution < -0.4 is 0 Å². The number of alkyl halides is 1. The van der Waals surface area contributed by atoms with Gasteiger partial charge in [-0.1, -0.05) is 60.9 Å². The second kappa shape index (κ2) is 7.44. The lowest BCUT2D eigenvalue weighted by Gasteiger charge is -2.10. The van der Waals surface area contributed by atoms with Crippen LogP contribution in [0.25, 0.3) is 0 Å². The second-order valence-corrected chi connectivity index (χ2v) is 5.41. The Morgan fingerprint density at radius 3 is 2.00 bits per heavy atom. The van der Waals surface area contributed by atoms with Crippen LogP contribution in [-0.4, -0.2) is 10.6 Å². The average molecular weight is 261 g/mol. The van der Waals surface area contributed by atoms with Crippen LogP contribution in [0.1, 0.15) is 64.2 Å². The van der Waals surface area contributed by atoms with Crippen LogP contribution >= 0.6 is 15.9 Å². The molecule has 0 unspecified atom stereocenters. The minimum Gasteiger partial charge on any atom is -0.298 e. The second-order valence-electron chi connectivity index (χ2n) is 4.30. The van der Waals surface area contributed by atoms with Crippen LogP contribution in [0.3, 0.4) is 0 Å². The Balaban J connectivity index is 2.27. The van der Waals surface area contributed by atoms with Crippen LogP contribution in [0.15, 0.2) is 0 Å². The number of carbonyl (C=O) groups is 1. The Morgan fingerprint density at radius 2 is 1.36 bits per heavy atom. The average Bonchev–Trinajstić information content (AvgIpc) is 2.18. The molecule has 1 nitrogen and oxygen atoms in total. The molecular weight excluding hydrogens is 240 g/mol. The molecule has 0 aromatic heterocycles. The molecule has 1 atom stereocenters. The molecule has 0 heterocycles. The maximum Gasteiger partial charge on any atom is 0.146 e. The van der Waals surface area contributed by atoms with E-state index in [4.69, 9.17) is 0 Å². The summed E-state index contributed by atoms with van der Waals surface area (Å²) in [4.78, 5) is 11.7. The Labute approximate surface area is 95.8 Å². The van der Waals surface area contributed by atoms with Crippen molar-refractivity contribution < 1.29 is 4.79 Å². The zero-order chi connectivity index (χ0) is 10.2. The van der Waals surface area contributed by atoms with Crippen molar-refractivity contribution >= 4 is 21.7 Å². The van der Waals surface area contributed by atoms with Gasteiger partial charge in [-0.25, -0.2) is 0 Å². The summed E-state index contributed by atoms with van der Waals surface area (Å²) in [6, 6.07) is 0. The van der Waals surface area contributed by atoms with Gasteiger partial charge in [0.1, 0.15) is 5.78 Å². The van der Waals surface area contributed by atoms with Crippen LogP contribution in [0, 0.1) is 0 Å². The lowest BCUT2D eigenvalue weighted by Crippen LogP contribution is -2.13. The first kappa shape index (κ1) is 12.2. The third-order valence-electron chi connectivity index (χ3n) is 2.98. The van der Waals surface area contributed by atoms with Gasteiger partial charge in [-0.15, -0.1) is 0 Å². The van der Waals surface area contributed by atoms with Gasteiger partial charge >= 0.3 is 0 Å². The summed E-state index contributed by atoms with van der Waals surface area (Å²) in [5.74, 6) is 0.422. The van der Waals surface area contributed by atoms with E-state index in [9.17, 15) is 4.79 Å². The number of hydrogen-bond acceptors (Lipinski definition) is 1. The number of halogens is 1. The molecule has 0 spiro atoms. The Kier molecular flexibility index (Phi) is 6.50. The highest BCUT2D eigenvalue weighted by atomic mass is 79.9. The molecule has 0 amide bonds. The van der Waals surface area contributed by atoms with E-state index in [1.807, 2.05) is 0 Å². The molecule has 0 radical (unpaired) electrons. The fourth-order valence-corrected chi connectivity index (χ4v) is 2.55. The third kappa shape index (κ3) is 5.14. The van der Waals surface area contributed by atoms with Crippen molar-refractivity contribution in [2.45, 2.75) is 69.0 Å². The Hall–Kier alpha value is 0.150. The van der Waals surface area contributed by atoms with E-state index in [1.54, 1.807) is 0 Å². The summed E-state index contributed by atoms with van der Waals surface area (Å²) in [6.07, 6.45) is 12.1. The Morgan fingerprint density at radius 1 is 0.857 bits per heavy atom. The SMILES string of the molecule is O=C1CCCCCCCCCC[C@H]1Br. The molecule has 14 heavy (non-hydrogen) atoms. The maximum absolute atomic E-state index is 11.6. The number of Topliss-reactive ketones (excluding diaryl/α,β-unsaturated/α-hetero) is 1. The largest absolute Gasteiger partial charge is 0.298 e. The molecule has 0 saturated heterocycles. The molecule has 1 aliphatic carbocycles. The normalized spacial score (nSPS) is 27.8. The van der Waals surface area contributed by atoms with Crippen molar-refractivity contribution in [2.24, 2.45) is 0 Å². The number of hydrogen-bond donors (Lipinski definition) is 0. The van der Waals surface area contributed by atoms with E-state index in [-0.39, 0.29) is 4.83 Å². The van der Waals surface area contributed by atoms with E-state index in [1.165, 1.54) is 44.9 Å². The van der Waals surface area contributed by atoms with Gasteiger partial charge in [0.25, 0.3) is 0 Å². The van der Waals surface area contributed by atoms with Gasteiger partial charge in [-0.05, 0) is 12.8 Å². The van der Waals surface area contributed by atoms with Gasteiger partial charge in [0.2, 0.25) is 0 Å². The van der Waals surface area contributed by atoms with Crippen molar-refractivity contribution in [3.8, 4) is 0 Å². The standard InChI is InChI=1S/C12H21BrO/c13-11-9-7-5-3-1-2-4-6-8-10-12(11)14/h11H,1-10H2/t11-/m1/s1. The molecule has 0 N–H and O–H groups in total. The van der Waals surface area contributed by atoms with Crippen molar-refractivity contribution in [1.82, 2.24) is 0 Å². The highest BCUT2D eigenvalue weighted by Crippen LogP contribution is 2.18. The molecule has 82 valence electrons. The summed E-state index contributed by atoms with van der Waals surface area (Å²) in [5, 5.41) is 0. The van der Waals surface area contributed by atoms with Gasteiger partial charge in [0.15, 0.2) is 0 Å². The molecule has 1 rings (SSSR count). The smallest absolute Gasteiger partial charge is 0.146 e. The van der Waals surface area contributed by atoms with Gasteiger partial charge in [-0.2, -0.15) is 0 Å². The fourth-order valence-electron chi connectivity index (χ4n) is 2.00. The first-order valence-electron chi connectivity index (χ1n) is 5.97. The Bertz CT molecular complexity index is 168. The van der Waals surface area contributed by atoms with Gasteiger partial charge in [0.05, 0.1) is 4.83 Å². The van der Waals surface area contributed by atoms with Crippen LogP contribution in [0.2, 0.25) is 0 Å². The minimum absolute atomic E-state index is 0.141. The lowest BCUT2D eigenvalue weighted by molar-refractivity contribution is -0.118. The lowest BCUT2D eigenvalue weighted by atomic mass is 10.0. The van der Waals surface area contributed by atoms with Gasteiger partial charge in [-0.3, -0.25) is 4.79 Å². The summed E-state index contributed by atoms with van der Waals surface area (Å²) in [6.45, 7) is 0. The van der Waals surface area contributed by atoms with Crippen molar-refractivity contribution in [2.75, 3.05) is 0 Å². The van der Waals surface area contributed by atoms with E-state index in [2.05, 4.69) is 15.9 Å². The summed E-state index contributed by atoms with van der Waals surface area (Å²) in [5.41, 5.74) is 0. The monoisotopic (exact) mass is 260 g/mol. The number of rotatable bonds is 0. The predicted octanol–water partition coefficient (Wildman–Crippen LogP) is 4.23. The third-order valence-corrected chi connectivity index (χ3v) is 3.95. The highest BCUT2D eigenvalue weighted by molar-refractivity contribution is 9.10. The summed E-state index contributed by atoms with van der Waals surface area (Å²) >= 11 is 3.49. The molecule has 0 aromatic rings. The molecule has 1 saturated carbocycles. The van der Waals surface area contributed by atoms with Crippen molar-refractivity contribution in [3.05, 3.63) is 0 Å². The van der Waals surface area contributed by atoms with Gasteiger partial charge in [0, 0.05) is 6.42 Å². The predicted molar refractivity (Wildman–Crippen MR) is 63.9 cm³/mol. The van der Waals surface area contributed by atoms with Gasteiger partial charge < -0.3 is 0 Å². The maximum atomic E-state index is 11.6. The van der Waals surface area contributed by atoms with Crippen LogP contribution in [0.5, 0.6) is 0 Å². The summed E-state index contributed by atoms with van der Waals surface area (Å²) in [7, 11) is 0. The first-order valence-corrected chi connectivity index (χ1v) is 6.89.